The predicted molar refractivity (Wildman–Crippen MR) is 84.5 cm³/mol. The third-order valence-corrected chi connectivity index (χ3v) is 3.71. The Labute approximate surface area is 128 Å². The third kappa shape index (κ3) is 11.1. The summed E-state index contributed by atoms with van der Waals surface area (Å²) in [5.41, 5.74) is -0.0765. The normalized spacial score (nSPS) is 11.5. The molecule has 0 aliphatic rings. The van der Waals surface area contributed by atoms with Gasteiger partial charge in [-0.3, -0.25) is 4.79 Å². The first-order valence-electron chi connectivity index (χ1n) is 7.76. The second-order valence-corrected chi connectivity index (χ2v) is 6.02. The van der Waals surface area contributed by atoms with Gasteiger partial charge < -0.3 is 20.6 Å². The van der Waals surface area contributed by atoms with Crippen molar-refractivity contribution < 1.29 is 14.7 Å². The summed E-state index contributed by atoms with van der Waals surface area (Å²) in [6.07, 6.45) is 1.56. The van der Waals surface area contributed by atoms with Crippen LogP contribution in [-0.4, -0.2) is 54.7 Å². The summed E-state index contributed by atoms with van der Waals surface area (Å²) in [5.74, 6) is -0.773. The number of carbonyl (C=O) groups is 2. The molecule has 2 amide bonds. The van der Waals surface area contributed by atoms with Crippen molar-refractivity contribution in [3.05, 3.63) is 0 Å². The van der Waals surface area contributed by atoms with Crippen LogP contribution in [0.15, 0.2) is 0 Å². The van der Waals surface area contributed by atoms with Crippen LogP contribution in [0.1, 0.15) is 47.0 Å². The maximum Gasteiger partial charge on any atom is 0.314 e. The zero-order chi connectivity index (χ0) is 16.3. The van der Waals surface area contributed by atoms with E-state index in [2.05, 4.69) is 29.4 Å². The van der Waals surface area contributed by atoms with Gasteiger partial charge in [0.1, 0.15) is 0 Å². The van der Waals surface area contributed by atoms with E-state index in [4.69, 9.17) is 5.11 Å². The highest BCUT2D eigenvalue weighted by atomic mass is 16.4. The maximum absolute atomic E-state index is 11.6. The summed E-state index contributed by atoms with van der Waals surface area (Å²) in [6.45, 7) is 12.3. The summed E-state index contributed by atoms with van der Waals surface area (Å²) in [5, 5.41) is 14.3. The minimum Gasteiger partial charge on any atom is -0.481 e. The molecule has 0 saturated heterocycles. The summed E-state index contributed by atoms with van der Waals surface area (Å²) < 4.78 is 0. The van der Waals surface area contributed by atoms with E-state index in [1.807, 2.05) is 13.8 Å². The van der Waals surface area contributed by atoms with Gasteiger partial charge in [0.2, 0.25) is 0 Å². The molecule has 0 rings (SSSR count). The van der Waals surface area contributed by atoms with E-state index in [0.29, 0.717) is 19.5 Å². The van der Waals surface area contributed by atoms with Crippen molar-refractivity contribution in [2.45, 2.75) is 47.0 Å². The molecule has 6 heteroatoms. The Bertz CT molecular complexity index is 315. The molecule has 124 valence electrons. The van der Waals surface area contributed by atoms with Gasteiger partial charge in [0.05, 0.1) is 0 Å². The van der Waals surface area contributed by atoms with Gasteiger partial charge >= 0.3 is 12.0 Å². The molecule has 0 aliphatic carbocycles. The second-order valence-electron chi connectivity index (χ2n) is 6.02. The minimum atomic E-state index is -0.773. The number of rotatable bonds is 11. The fourth-order valence-electron chi connectivity index (χ4n) is 2.01. The largest absolute Gasteiger partial charge is 0.481 e. The van der Waals surface area contributed by atoms with Crippen LogP contribution in [0.2, 0.25) is 0 Å². The maximum atomic E-state index is 11.6. The second kappa shape index (κ2) is 10.4. The molecule has 0 heterocycles. The average Bonchev–Trinajstić information content (AvgIpc) is 2.41. The summed E-state index contributed by atoms with van der Waals surface area (Å²) in [7, 11) is 0. The van der Waals surface area contributed by atoms with E-state index in [1.165, 1.54) is 0 Å². The Hall–Kier alpha value is -1.30. The number of likely N-dealkylation sites (N-methyl/N-ethyl adjacent to an activating group) is 1. The molecule has 21 heavy (non-hydrogen) atoms. The van der Waals surface area contributed by atoms with Gasteiger partial charge in [-0.05, 0) is 31.3 Å². The average molecular weight is 301 g/mol. The Morgan fingerprint density at radius 1 is 1.05 bits per heavy atom. The lowest BCUT2D eigenvalue weighted by molar-refractivity contribution is -0.137. The smallest absolute Gasteiger partial charge is 0.314 e. The number of aliphatic carboxylic acids is 1. The van der Waals surface area contributed by atoms with Crippen molar-refractivity contribution in [2.75, 3.05) is 32.7 Å². The van der Waals surface area contributed by atoms with Crippen LogP contribution in [0.25, 0.3) is 0 Å². The molecule has 0 aromatic rings. The molecule has 0 spiro atoms. The lowest BCUT2D eigenvalue weighted by Gasteiger charge is -2.24. The Balaban J connectivity index is 3.76. The van der Waals surface area contributed by atoms with Gasteiger partial charge in [-0.15, -0.1) is 0 Å². The van der Waals surface area contributed by atoms with Crippen molar-refractivity contribution in [3.63, 3.8) is 0 Å². The molecule has 6 nitrogen and oxygen atoms in total. The van der Waals surface area contributed by atoms with Crippen molar-refractivity contribution in [2.24, 2.45) is 5.41 Å². The van der Waals surface area contributed by atoms with Crippen molar-refractivity contribution in [1.29, 1.82) is 0 Å². The number of hydrogen-bond donors (Lipinski definition) is 3. The number of carboxylic acid groups (broad SMARTS) is 1. The molecule has 0 fully saturated rings. The van der Waals surface area contributed by atoms with Gasteiger partial charge in [-0.25, -0.2) is 4.79 Å². The molecule has 0 radical (unpaired) electrons. The standard InChI is InChI=1S/C15H31N3O3/c1-5-18(6-2)12-11-17-14(21)16-10-9-15(3,4)8-7-13(19)20/h5-12H2,1-4H3,(H,19,20)(H2,16,17,21). The van der Waals surface area contributed by atoms with Crippen molar-refractivity contribution in [1.82, 2.24) is 15.5 Å². The van der Waals surface area contributed by atoms with Gasteiger partial charge in [0.15, 0.2) is 0 Å². The summed E-state index contributed by atoms with van der Waals surface area (Å²) in [6, 6.07) is -0.156. The molecule has 0 aliphatic heterocycles. The van der Waals surface area contributed by atoms with Crippen LogP contribution >= 0.6 is 0 Å². The monoisotopic (exact) mass is 301 g/mol. The molecule has 0 unspecified atom stereocenters. The number of amides is 2. The van der Waals surface area contributed by atoms with E-state index in [9.17, 15) is 9.59 Å². The van der Waals surface area contributed by atoms with E-state index < -0.39 is 5.97 Å². The summed E-state index contributed by atoms with van der Waals surface area (Å²) in [4.78, 5) is 24.4. The molecule has 0 bridgehead atoms. The number of carboxylic acids is 1. The quantitative estimate of drug-likeness (QED) is 0.544. The molecule has 0 aromatic carbocycles. The van der Waals surface area contributed by atoms with Gasteiger partial charge in [-0.1, -0.05) is 27.7 Å². The van der Waals surface area contributed by atoms with E-state index in [-0.39, 0.29) is 17.9 Å². The van der Waals surface area contributed by atoms with Crippen molar-refractivity contribution in [3.8, 4) is 0 Å². The Kier molecular flexibility index (Phi) is 9.78. The first-order chi connectivity index (χ1) is 9.80. The Morgan fingerprint density at radius 3 is 2.14 bits per heavy atom. The molecule has 0 saturated carbocycles. The zero-order valence-electron chi connectivity index (χ0n) is 13.9. The molecule has 0 aromatic heterocycles. The SMILES string of the molecule is CCN(CC)CCNC(=O)NCCC(C)(C)CCC(=O)O. The molecular weight excluding hydrogens is 270 g/mol. The van der Waals surface area contributed by atoms with Crippen molar-refractivity contribution >= 4 is 12.0 Å². The Morgan fingerprint density at radius 2 is 1.62 bits per heavy atom. The zero-order valence-corrected chi connectivity index (χ0v) is 13.9. The number of nitrogens with one attached hydrogen (secondary N) is 2. The van der Waals surface area contributed by atoms with Gasteiger partial charge in [0.25, 0.3) is 0 Å². The van der Waals surface area contributed by atoms with Crippen LogP contribution in [0.5, 0.6) is 0 Å². The van der Waals surface area contributed by atoms with Crippen LogP contribution in [0.4, 0.5) is 4.79 Å². The van der Waals surface area contributed by atoms with Crippen LogP contribution < -0.4 is 10.6 Å². The predicted octanol–water partition coefficient (Wildman–Crippen LogP) is 1.91. The van der Waals surface area contributed by atoms with Crippen LogP contribution in [0.3, 0.4) is 0 Å². The van der Waals surface area contributed by atoms with Crippen LogP contribution in [-0.2, 0) is 4.79 Å². The highest BCUT2D eigenvalue weighted by Crippen LogP contribution is 2.25. The minimum absolute atomic E-state index is 0.0765. The number of urea groups is 1. The summed E-state index contributed by atoms with van der Waals surface area (Å²) >= 11 is 0. The molecular formula is C15H31N3O3. The highest BCUT2D eigenvalue weighted by molar-refractivity contribution is 5.73. The first-order valence-corrected chi connectivity index (χ1v) is 7.76. The lowest BCUT2D eigenvalue weighted by atomic mass is 9.84. The number of nitrogens with zero attached hydrogens (tertiary/aromatic N) is 1. The van der Waals surface area contributed by atoms with E-state index in [1.54, 1.807) is 0 Å². The van der Waals surface area contributed by atoms with Gasteiger partial charge in [-0.2, -0.15) is 0 Å². The first kappa shape index (κ1) is 19.7. The van der Waals surface area contributed by atoms with Gasteiger partial charge in [0, 0.05) is 26.1 Å². The number of hydrogen-bond acceptors (Lipinski definition) is 3. The lowest BCUT2D eigenvalue weighted by Crippen LogP contribution is -2.41. The van der Waals surface area contributed by atoms with Crippen LogP contribution in [0, 0.1) is 5.41 Å². The highest BCUT2D eigenvalue weighted by Gasteiger charge is 2.19. The number of carbonyl (C=O) groups excluding carboxylic acids is 1. The van der Waals surface area contributed by atoms with E-state index >= 15 is 0 Å². The fourth-order valence-corrected chi connectivity index (χ4v) is 2.01. The fraction of sp³-hybridized carbons (Fsp3) is 0.867. The topological polar surface area (TPSA) is 81.7 Å². The molecule has 0 atom stereocenters. The third-order valence-electron chi connectivity index (χ3n) is 3.71. The van der Waals surface area contributed by atoms with E-state index in [0.717, 1.165) is 26.1 Å². The molecule has 3 N–H and O–H groups in total.